The van der Waals surface area contributed by atoms with Gasteiger partial charge in [0.25, 0.3) is 5.91 Å². The summed E-state index contributed by atoms with van der Waals surface area (Å²) in [5.74, 6) is 0.573. The summed E-state index contributed by atoms with van der Waals surface area (Å²) in [6.45, 7) is 1.49. The molecule has 0 saturated heterocycles. The normalized spacial score (nSPS) is 10.6. The first-order chi connectivity index (χ1) is 11.9. The summed E-state index contributed by atoms with van der Waals surface area (Å²) in [5, 5.41) is 2.76. The van der Waals surface area contributed by atoms with Gasteiger partial charge in [-0.25, -0.2) is 0 Å². The van der Waals surface area contributed by atoms with Crippen LogP contribution in [0, 0.1) is 13.8 Å². The summed E-state index contributed by atoms with van der Waals surface area (Å²) in [5.41, 5.74) is 3.07. The summed E-state index contributed by atoms with van der Waals surface area (Å²) in [6, 6.07) is 12.1. The van der Waals surface area contributed by atoms with Crippen LogP contribution in [0.4, 0.5) is 8.78 Å². The van der Waals surface area contributed by atoms with Crippen LogP contribution in [0.25, 0.3) is 0 Å². The first-order valence-corrected chi connectivity index (χ1v) is 7.94. The average molecular weight is 349 g/mol. The predicted octanol–water partition coefficient (Wildman–Crippen LogP) is 3.64. The summed E-state index contributed by atoms with van der Waals surface area (Å²) >= 11 is 0. The Labute approximate surface area is 145 Å². The van der Waals surface area contributed by atoms with Crippen LogP contribution in [0.1, 0.15) is 16.7 Å². The van der Waals surface area contributed by atoms with E-state index in [4.69, 9.17) is 4.74 Å². The number of halogens is 2. The molecule has 0 aliphatic heterocycles. The van der Waals surface area contributed by atoms with Gasteiger partial charge in [-0.3, -0.25) is 4.79 Å². The Kier molecular flexibility index (Phi) is 6.74. The Bertz CT molecular complexity index is 682. The Morgan fingerprint density at radius 3 is 2.28 bits per heavy atom. The molecule has 2 aromatic rings. The Hall–Kier alpha value is -2.63. The Balaban J connectivity index is 1.71. The zero-order valence-corrected chi connectivity index (χ0v) is 14.2. The van der Waals surface area contributed by atoms with E-state index in [2.05, 4.69) is 10.1 Å². The molecule has 4 nitrogen and oxygen atoms in total. The van der Waals surface area contributed by atoms with E-state index >= 15 is 0 Å². The molecule has 0 unspecified atom stereocenters. The lowest BCUT2D eigenvalue weighted by molar-refractivity contribution is -0.123. The van der Waals surface area contributed by atoms with E-state index in [-0.39, 0.29) is 18.3 Å². The molecule has 2 aromatic carbocycles. The maximum Gasteiger partial charge on any atom is 0.387 e. The average Bonchev–Trinajstić information content (AvgIpc) is 2.53. The van der Waals surface area contributed by atoms with Gasteiger partial charge in [-0.15, -0.1) is 0 Å². The fourth-order valence-corrected chi connectivity index (χ4v) is 2.40. The zero-order chi connectivity index (χ0) is 18.2. The van der Waals surface area contributed by atoms with Gasteiger partial charge in [0.15, 0.2) is 6.61 Å². The topological polar surface area (TPSA) is 47.6 Å². The van der Waals surface area contributed by atoms with Crippen LogP contribution in [-0.4, -0.2) is 25.7 Å². The van der Waals surface area contributed by atoms with E-state index in [1.165, 1.54) is 12.1 Å². The standard InChI is InChI=1S/C19H21F2NO3/c1-13-9-14(2)11-17(10-13)24-12-18(23)22-8-7-15-3-5-16(6-4-15)25-19(20)21/h3-6,9-11,19H,7-8,12H2,1-2H3,(H,22,23). The number of benzene rings is 2. The minimum absolute atomic E-state index is 0.0515. The van der Waals surface area contributed by atoms with Gasteiger partial charge in [0.05, 0.1) is 0 Å². The van der Waals surface area contributed by atoms with Gasteiger partial charge in [-0.1, -0.05) is 18.2 Å². The highest BCUT2D eigenvalue weighted by Crippen LogP contribution is 2.16. The minimum Gasteiger partial charge on any atom is -0.484 e. The lowest BCUT2D eigenvalue weighted by Gasteiger charge is -2.09. The zero-order valence-electron chi connectivity index (χ0n) is 14.2. The van der Waals surface area contributed by atoms with Crippen LogP contribution < -0.4 is 14.8 Å². The summed E-state index contributed by atoms with van der Waals surface area (Å²) in [4.78, 5) is 11.8. The van der Waals surface area contributed by atoms with Gasteiger partial charge in [0, 0.05) is 6.54 Å². The van der Waals surface area contributed by atoms with Crippen molar-refractivity contribution in [1.82, 2.24) is 5.32 Å². The highest BCUT2D eigenvalue weighted by molar-refractivity contribution is 5.77. The molecule has 134 valence electrons. The maximum atomic E-state index is 12.1. The number of amides is 1. The Morgan fingerprint density at radius 2 is 1.68 bits per heavy atom. The predicted molar refractivity (Wildman–Crippen MR) is 91.2 cm³/mol. The molecule has 0 aliphatic carbocycles. The number of carbonyl (C=O) groups excluding carboxylic acids is 1. The number of aryl methyl sites for hydroxylation is 2. The highest BCUT2D eigenvalue weighted by Gasteiger charge is 2.05. The van der Waals surface area contributed by atoms with E-state index in [0.717, 1.165) is 16.7 Å². The van der Waals surface area contributed by atoms with Crippen LogP contribution >= 0.6 is 0 Å². The molecule has 1 amide bonds. The molecule has 0 aromatic heterocycles. The molecule has 0 spiro atoms. The largest absolute Gasteiger partial charge is 0.484 e. The molecule has 6 heteroatoms. The molecular weight excluding hydrogens is 328 g/mol. The van der Waals surface area contributed by atoms with Crippen molar-refractivity contribution in [3.8, 4) is 11.5 Å². The first kappa shape index (κ1) is 18.7. The van der Waals surface area contributed by atoms with Gasteiger partial charge in [0.2, 0.25) is 0 Å². The molecule has 0 heterocycles. The third kappa shape index (κ3) is 6.79. The van der Waals surface area contributed by atoms with Crippen LogP contribution in [0.3, 0.4) is 0 Å². The smallest absolute Gasteiger partial charge is 0.387 e. The van der Waals surface area contributed by atoms with Crippen molar-refractivity contribution in [2.45, 2.75) is 26.9 Å². The van der Waals surface area contributed by atoms with E-state index in [9.17, 15) is 13.6 Å². The third-order valence-electron chi connectivity index (χ3n) is 3.45. The van der Waals surface area contributed by atoms with E-state index in [1.807, 2.05) is 32.0 Å². The van der Waals surface area contributed by atoms with Gasteiger partial charge >= 0.3 is 6.61 Å². The monoisotopic (exact) mass is 349 g/mol. The van der Waals surface area contributed by atoms with Crippen molar-refractivity contribution in [2.75, 3.05) is 13.2 Å². The van der Waals surface area contributed by atoms with Crippen molar-refractivity contribution in [3.05, 3.63) is 59.2 Å². The molecule has 0 saturated carbocycles. The van der Waals surface area contributed by atoms with E-state index in [1.54, 1.807) is 12.1 Å². The van der Waals surface area contributed by atoms with Crippen molar-refractivity contribution in [1.29, 1.82) is 0 Å². The first-order valence-electron chi connectivity index (χ1n) is 7.94. The number of ether oxygens (including phenoxy) is 2. The maximum absolute atomic E-state index is 12.1. The van der Waals surface area contributed by atoms with Crippen LogP contribution in [0.2, 0.25) is 0 Å². The highest BCUT2D eigenvalue weighted by atomic mass is 19.3. The van der Waals surface area contributed by atoms with Crippen molar-refractivity contribution in [2.24, 2.45) is 0 Å². The Morgan fingerprint density at radius 1 is 1.04 bits per heavy atom. The molecule has 0 radical (unpaired) electrons. The SMILES string of the molecule is Cc1cc(C)cc(OCC(=O)NCCc2ccc(OC(F)F)cc2)c1. The molecule has 0 bridgehead atoms. The quantitative estimate of drug-likeness (QED) is 0.791. The van der Waals surface area contributed by atoms with Crippen molar-refractivity contribution in [3.63, 3.8) is 0 Å². The van der Waals surface area contributed by atoms with E-state index < -0.39 is 6.61 Å². The summed E-state index contributed by atoms with van der Waals surface area (Å²) in [6.07, 6.45) is 0.588. The fraction of sp³-hybridized carbons (Fsp3) is 0.316. The molecule has 1 N–H and O–H groups in total. The van der Waals surface area contributed by atoms with Crippen LogP contribution in [0.5, 0.6) is 11.5 Å². The third-order valence-corrected chi connectivity index (χ3v) is 3.45. The molecule has 0 aliphatic rings. The van der Waals surface area contributed by atoms with Crippen molar-refractivity contribution >= 4 is 5.91 Å². The number of alkyl halides is 2. The fourth-order valence-electron chi connectivity index (χ4n) is 2.40. The second-order valence-electron chi connectivity index (χ2n) is 5.73. The van der Waals surface area contributed by atoms with Crippen LogP contribution in [-0.2, 0) is 11.2 Å². The molecule has 2 rings (SSSR count). The number of hydrogen-bond donors (Lipinski definition) is 1. The second kappa shape index (κ2) is 9.01. The number of nitrogens with one attached hydrogen (secondary N) is 1. The van der Waals surface area contributed by atoms with Gasteiger partial charge in [0.1, 0.15) is 11.5 Å². The van der Waals surface area contributed by atoms with Gasteiger partial charge in [-0.2, -0.15) is 8.78 Å². The second-order valence-corrected chi connectivity index (χ2v) is 5.73. The molecule has 0 fully saturated rings. The van der Waals surface area contributed by atoms with Crippen LogP contribution in [0.15, 0.2) is 42.5 Å². The van der Waals surface area contributed by atoms with Gasteiger partial charge < -0.3 is 14.8 Å². The molecular formula is C19H21F2NO3. The molecule has 25 heavy (non-hydrogen) atoms. The van der Waals surface area contributed by atoms with E-state index in [0.29, 0.717) is 18.7 Å². The lowest BCUT2D eigenvalue weighted by atomic mass is 10.1. The molecule has 0 atom stereocenters. The number of carbonyl (C=O) groups is 1. The minimum atomic E-state index is -2.83. The van der Waals surface area contributed by atoms with Gasteiger partial charge in [-0.05, 0) is 61.2 Å². The summed E-state index contributed by atoms with van der Waals surface area (Å²) < 4.78 is 33.9. The van der Waals surface area contributed by atoms with Crippen molar-refractivity contribution < 1.29 is 23.0 Å². The number of hydrogen-bond acceptors (Lipinski definition) is 3. The number of rotatable bonds is 8. The lowest BCUT2D eigenvalue weighted by Crippen LogP contribution is -2.30. The summed E-state index contributed by atoms with van der Waals surface area (Å²) in [7, 11) is 0.